The minimum Gasteiger partial charge on any atom is -0.397 e. The lowest BCUT2D eigenvalue weighted by Crippen LogP contribution is -2.03. The molecular formula is C8H9ClF2N2. The maximum Gasteiger partial charge on any atom is 0.265 e. The first kappa shape index (κ1) is 10.2. The number of nitrogens with zero attached hydrogens (tertiary/aromatic N) is 1. The van der Waals surface area contributed by atoms with Gasteiger partial charge in [0.05, 0.1) is 23.5 Å². The van der Waals surface area contributed by atoms with E-state index in [9.17, 15) is 8.78 Å². The first-order valence-electron chi connectivity index (χ1n) is 3.66. The van der Waals surface area contributed by atoms with Gasteiger partial charge in [0.1, 0.15) is 0 Å². The van der Waals surface area contributed by atoms with E-state index in [1.165, 1.54) is 13.1 Å². The Morgan fingerprint density at radius 3 is 2.69 bits per heavy atom. The molecule has 1 aromatic rings. The van der Waals surface area contributed by atoms with Gasteiger partial charge in [0.2, 0.25) is 0 Å². The number of hydrogen-bond donors (Lipinski definition) is 1. The number of anilines is 1. The van der Waals surface area contributed by atoms with Gasteiger partial charge in [-0.3, -0.25) is 4.98 Å². The molecule has 0 saturated heterocycles. The van der Waals surface area contributed by atoms with E-state index in [0.717, 1.165) is 0 Å². The van der Waals surface area contributed by atoms with Crippen molar-refractivity contribution in [1.82, 2.24) is 4.98 Å². The molecule has 2 N–H and O–H groups in total. The van der Waals surface area contributed by atoms with Crippen molar-refractivity contribution < 1.29 is 8.78 Å². The molecule has 0 unspecified atom stereocenters. The van der Waals surface area contributed by atoms with Crippen molar-refractivity contribution >= 4 is 17.3 Å². The second-order valence-corrected chi connectivity index (χ2v) is 2.90. The van der Waals surface area contributed by atoms with Crippen LogP contribution in [0.5, 0.6) is 0 Å². The molecule has 0 amide bonds. The molecule has 0 aliphatic heterocycles. The zero-order chi connectivity index (χ0) is 10.0. The number of rotatable bonds is 2. The smallest absolute Gasteiger partial charge is 0.265 e. The van der Waals surface area contributed by atoms with E-state index in [1.54, 1.807) is 0 Å². The molecule has 0 saturated carbocycles. The molecular weight excluding hydrogens is 198 g/mol. The zero-order valence-corrected chi connectivity index (χ0v) is 7.78. The highest BCUT2D eigenvalue weighted by atomic mass is 35.5. The minimum absolute atomic E-state index is 0.0270. The summed E-state index contributed by atoms with van der Waals surface area (Å²) < 4.78 is 25.0. The first-order chi connectivity index (χ1) is 6.07. The molecule has 1 heterocycles. The Hall–Kier alpha value is -0.900. The summed E-state index contributed by atoms with van der Waals surface area (Å²) in [6, 6.07) is 0. The van der Waals surface area contributed by atoms with Gasteiger partial charge in [-0.1, -0.05) is 0 Å². The molecule has 0 bridgehead atoms. The van der Waals surface area contributed by atoms with Crippen molar-refractivity contribution in [2.45, 2.75) is 19.2 Å². The van der Waals surface area contributed by atoms with Gasteiger partial charge < -0.3 is 5.73 Å². The Labute approximate surface area is 79.7 Å². The van der Waals surface area contributed by atoms with Crippen molar-refractivity contribution in [1.29, 1.82) is 0 Å². The number of nitrogen functional groups attached to an aromatic ring is 1. The van der Waals surface area contributed by atoms with E-state index < -0.39 is 6.43 Å². The number of nitrogens with two attached hydrogens (primary N) is 1. The Morgan fingerprint density at radius 1 is 1.62 bits per heavy atom. The van der Waals surface area contributed by atoms with Gasteiger partial charge in [0.15, 0.2) is 0 Å². The van der Waals surface area contributed by atoms with Crippen molar-refractivity contribution in [3.8, 4) is 0 Å². The van der Waals surface area contributed by atoms with Crippen LogP contribution in [-0.4, -0.2) is 4.98 Å². The Balaban J connectivity index is 3.32. The molecule has 0 aliphatic carbocycles. The van der Waals surface area contributed by atoms with Crippen LogP contribution in [0.1, 0.15) is 23.2 Å². The summed E-state index contributed by atoms with van der Waals surface area (Å²) >= 11 is 5.46. The summed E-state index contributed by atoms with van der Waals surface area (Å²) in [5.74, 6) is -0.0270. The zero-order valence-electron chi connectivity index (χ0n) is 7.02. The Morgan fingerprint density at radius 2 is 2.23 bits per heavy atom. The highest BCUT2D eigenvalue weighted by Gasteiger charge is 2.17. The third-order valence-corrected chi connectivity index (χ3v) is 2.11. The van der Waals surface area contributed by atoms with Crippen LogP contribution in [0.4, 0.5) is 14.5 Å². The molecule has 0 aromatic carbocycles. The van der Waals surface area contributed by atoms with Crippen LogP contribution >= 0.6 is 11.6 Å². The summed E-state index contributed by atoms with van der Waals surface area (Å²) in [5.41, 5.74) is 6.13. The maximum absolute atomic E-state index is 12.5. The van der Waals surface area contributed by atoms with Crippen molar-refractivity contribution in [2.24, 2.45) is 0 Å². The fourth-order valence-corrected chi connectivity index (χ4v) is 1.29. The maximum atomic E-state index is 12.5. The predicted molar refractivity (Wildman–Crippen MR) is 47.9 cm³/mol. The second-order valence-electron chi connectivity index (χ2n) is 2.63. The fourth-order valence-electron chi connectivity index (χ4n) is 1.08. The lowest BCUT2D eigenvalue weighted by molar-refractivity contribution is 0.149. The van der Waals surface area contributed by atoms with E-state index in [4.69, 9.17) is 17.3 Å². The Kier molecular flexibility index (Phi) is 3.03. The molecule has 1 aromatic heterocycles. The monoisotopic (exact) mass is 206 g/mol. The molecule has 72 valence electrons. The van der Waals surface area contributed by atoms with Crippen LogP contribution in [0.3, 0.4) is 0 Å². The first-order valence-corrected chi connectivity index (χ1v) is 4.19. The number of aromatic nitrogens is 1. The van der Waals surface area contributed by atoms with Gasteiger partial charge in [-0.25, -0.2) is 8.78 Å². The standard InChI is InChI=1S/C8H9ClF2N2/c1-4-5(12)3-13-6(2-9)7(4)8(10)11/h3,8H,2,12H2,1H3. The van der Waals surface area contributed by atoms with Crippen LogP contribution in [0.15, 0.2) is 6.20 Å². The van der Waals surface area contributed by atoms with Gasteiger partial charge in [0.25, 0.3) is 6.43 Å². The normalized spacial score (nSPS) is 10.8. The highest BCUT2D eigenvalue weighted by molar-refractivity contribution is 6.17. The van der Waals surface area contributed by atoms with Crippen LogP contribution in [-0.2, 0) is 5.88 Å². The van der Waals surface area contributed by atoms with Crippen molar-refractivity contribution in [3.05, 3.63) is 23.0 Å². The van der Waals surface area contributed by atoms with E-state index in [1.807, 2.05) is 0 Å². The van der Waals surface area contributed by atoms with Gasteiger partial charge >= 0.3 is 0 Å². The quantitative estimate of drug-likeness (QED) is 0.756. The molecule has 0 radical (unpaired) electrons. The largest absolute Gasteiger partial charge is 0.397 e. The third kappa shape index (κ3) is 1.88. The SMILES string of the molecule is Cc1c(N)cnc(CCl)c1C(F)F. The van der Waals surface area contributed by atoms with E-state index in [2.05, 4.69) is 4.98 Å². The van der Waals surface area contributed by atoms with Crippen LogP contribution in [0.25, 0.3) is 0 Å². The second kappa shape index (κ2) is 3.87. The van der Waals surface area contributed by atoms with E-state index in [-0.39, 0.29) is 22.8 Å². The van der Waals surface area contributed by atoms with Gasteiger partial charge in [-0.15, -0.1) is 11.6 Å². The van der Waals surface area contributed by atoms with Crippen LogP contribution < -0.4 is 5.73 Å². The molecule has 0 fully saturated rings. The third-order valence-electron chi connectivity index (χ3n) is 1.85. The number of halogens is 3. The fraction of sp³-hybridized carbons (Fsp3) is 0.375. The van der Waals surface area contributed by atoms with Gasteiger partial charge in [0, 0.05) is 5.56 Å². The number of hydrogen-bond acceptors (Lipinski definition) is 2. The molecule has 13 heavy (non-hydrogen) atoms. The molecule has 2 nitrogen and oxygen atoms in total. The van der Waals surface area contributed by atoms with E-state index >= 15 is 0 Å². The summed E-state index contributed by atoms with van der Waals surface area (Å²) in [6.07, 6.45) is -1.23. The highest BCUT2D eigenvalue weighted by Crippen LogP contribution is 2.28. The average Bonchev–Trinajstić information content (AvgIpc) is 2.08. The number of pyridine rings is 1. The molecule has 1 rings (SSSR count). The minimum atomic E-state index is -2.58. The predicted octanol–water partition coefficient (Wildman–Crippen LogP) is 2.65. The van der Waals surface area contributed by atoms with Crippen molar-refractivity contribution in [2.75, 3.05) is 5.73 Å². The summed E-state index contributed by atoms with van der Waals surface area (Å²) in [7, 11) is 0. The average molecular weight is 207 g/mol. The van der Waals surface area contributed by atoms with Gasteiger partial charge in [-0.2, -0.15) is 0 Å². The van der Waals surface area contributed by atoms with Crippen LogP contribution in [0.2, 0.25) is 0 Å². The van der Waals surface area contributed by atoms with Crippen molar-refractivity contribution in [3.63, 3.8) is 0 Å². The summed E-state index contributed by atoms with van der Waals surface area (Å²) in [4.78, 5) is 3.74. The molecule has 0 spiro atoms. The summed E-state index contributed by atoms with van der Waals surface area (Å²) in [6.45, 7) is 1.54. The lowest BCUT2D eigenvalue weighted by atomic mass is 10.1. The molecule has 5 heteroatoms. The van der Waals surface area contributed by atoms with Crippen LogP contribution in [0, 0.1) is 6.92 Å². The number of alkyl halides is 3. The van der Waals surface area contributed by atoms with E-state index in [0.29, 0.717) is 5.56 Å². The lowest BCUT2D eigenvalue weighted by Gasteiger charge is -2.10. The topological polar surface area (TPSA) is 38.9 Å². The summed E-state index contributed by atoms with van der Waals surface area (Å²) in [5, 5.41) is 0. The Bertz CT molecular complexity index is 315. The molecule has 0 atom stereocenters. The molecule has 0 aliphatic rings. The van der Waals surface area contributed by atoms with Gasteiger partial charge in [-0.05, 0) is 12.5 Å².